The van der Waals surface area contributed by atoms with Crippen LogP contribution in [-0.2, 0) is 16.2 Å². The van der Waals surface area contributed by atoms with Crippen LogP contribution < -0.4 is 15.5 Å². The summed E-state index contributed by atoms with van der Waals surface area (Å²) in [5.41, 5.74) is 7.94. The standard InChI is InChI=1S/C25H25N3O3/c1-17-7-10-20(11-8-17)16-31-23-6-4-5-21(14-23)15-26-28-25(30)24(29)27-22-12-9-18(2)19(3)13-22/h4-15H,16H2,1-3H3,(H,27,29)(H,28,30)/b26-15+. The number of hydrazone groups is 1. The van der Waals surface area contributed by atoms with Gasteiger partial charge in [0.05, 0.1) is 6.21 Å². The van der Waals surface area contributed by atoms with E-state index in [2.05, 4.69) is 15.8 Å². The van der Waals surface area contributed by atoms with Gasteiger partial charge < -0.3 is 10.1 Å². The Morgan fingerprint density at radius 1 is 0.903 bits per heavy atom. The maximum atomic E-state index is 12.0. The van der Waals surface area contributed by atoms with Gasteiger partial charge >= 0.3 is 11.8 Å². The number of ether oxygens (including phenoxy) is 1. The van der Waals surface area contributed by atoms with E-state index in [0.717, 1.165) is 22.3 Å². The van der Waals surface area contributed by atoms with Crippen molar-refractivity contribution in [1.29, 1.82) is 0 Å². The smallest absolute Gasteiger partial charge is 0.329 e. The van der Waals surface area contributed by atoms with Gasteiger partial charge in [0.25, 0.3) is 0 Å². The van der Waals surface area contributed by atoms with E-state index in [1.165, 1.54) is 11.8 Å². The van der Waals surface area contributed by atoms with Crippen molar-refractivity contribution in [3.8, 4) is 5.75 Å². The van der Waals surface area contributed by atoms with Crippen molar-refractivity contribution in [2.45, 2.75) is 27.4 Å². The lowest BCUT2D eigenvalue weighted by Gasteiger charge is -2.07. The second kappa shape index (κ2) is 10.2. The lowest BCUT2D eigenvalue weighted by Crippen LogP contribution is -2.32. The Hall–Kier alpha value is -3.93. The molecule has 6 heteroatoms. The molecule has 0 saturated carbocycles. The van der Waals surface area contributed by atoms with Crippen LogP contribution in [0.4, 0.5) is 5.69 Å². The molecule has 0 aliphatic heterocycles. The lowest BCUT2D eigenvalue weighted by atomic mass is 10.1. The summed E-state index contributed by atoms with van der Waals surface area (Å²) in [7, 11) is 0. The van der Waals surface area contributed by atoms with Gasteiger partial charge in [-0.05, 0) is 67.3 Å². The molecule has 158 valence electrons. The Bertz CT molecular complexity index is 1110. The SMILES string of the molecule is Cc1ccc(COc2cccc(/C=N/NC(=O)C(=O)Nc3ccc(C)c(C)c3)c2)cc1. The van der Waals surface area contributed by atoms with Crippen molar-refractivity contribution in [2.24, 2.45) is 5.10 Å². The Kier molecular flexibility index (Phi) is 7.17. The van der Waals surface area contributed by atoms with Gasteiger partial charge in [0.15, 0.2) is 0 Å². The first-order chi connectivity index (χ1) is 14.9. The minimum absolute atomic E-state index is 0.455. The predicted molar refractivity (Wildman–Crippen MR) is 122 cm³/mol. The Labute approximate surface area is 182 Å². The Morgan fingerprint density at radius 3 is 2.42 bits per heavy atom. The molecule has 3 rings (SSSR count). The first kappa shape index (κ1) is 21.8. The molecule has 3 aromatic rings. The number of amides is 2. The average Bonchev–Trinajstić information content (AvgIpc) is 2.76. The van der Waals surface area contributed by atoms with Crippen LogP contribution in [0.5, 0.6) is 5.75 Å². The number of carbonyl (C=O) groups excluding carboxylic acids is 2. The van der Waals surface area contributed by atoms with Crippen molar-refractivity contribution < 1.29 is 14.3 Å². The van der Waals surface area contributed by atoms with E-state index in [-0.39, 0.29) is 0 Å². The molecule has 6 nitrogen and oxygen atoms in total. The van der Waals surface area contributed by atoms with Crippen molar-refractivity contribution in [2.75, 3.05) is 5.32 Å². The van der Waals surface area contributed by atoms with Crippen LogP contribution in [-0.4, -0.2) is 18.0 Å². The molecule has 0 spiro atoms. The largest absolute Gasteiger partial charge is 0.489 e. The van der Waals surface area contributed by atoms with Crippen molar-refractivity contribution >= 4 is 23.7 Å². The van der Waals surface area contributed by atoms with E-state index < -0.39 is 11.8 Å². The number of rotatable bonds is 6. The monoisotopic (exact) mass is 415 g/mol. The minimum Gasteiger partial charge on any atom is -0.489 e. The molecule has 0 atom stereocenters. The summed E-state index contributed by atoms with van der Waals surface area (Å²) < 4.78 is 5.81. The molecule has 0 radical (unpaired) electrons. The number of nitrogens with one attached hydrogen (secondary N) is 2. The highest BCUT2D eigenvalue weighted by Crippen LogP contribution is 2.15. The summed E-state index contributed by atoms with van der Waals surface area (Å²) in [5, 5.41) is 6.42. The molecule has 0 fully saturated rings. The third-order valence-corrected chi connectivity index (χ3v) is 4.73. The normalized spacial score (nSPS) is 10.7. The minimum atomic E-state index is -0.846. The van der Waals surface area contributed by atoms with Crippen molar-refractivity contribution in [3.63, 3.8) is 0 Å². The fraction of sp³-hybridized carbons (Fsp3) is 0.160. The topological polar surface area (TPSA) is 79.8 Å². The number of hydrogen-bond donors (Lipinski definition) is 2. The van der Waals surface area contributed by atoms with Gasteiger partial charge in [0.2, 0.25) is 0 Å². The van der Waals surface area contributed by atoms with Gasteiger partial charge in [0, 0.05) is 5.69 Å². The van der Waals surface area contributed by atoms with Gasteiger partial charge in [-0.25, -0.2) is 5.43 Å². The lowest BCUT2D eigenvalue weighted by molar-refractivity contribution is -0.136. The maximum Gasteiger partial charge on any atom is 0.329 e. The zero-order chi connectivity index (χ0) is 22.2. The van der Waals surface area contributed by atoms with E-state index in [1.807, 2.05) is 75.4 Å². The van der Waals surface area contributed by atoms with Gasteiger partial charge in [-0.3, -0.25) is 9.59 Å². The molecule has 2 N–H and O–H groups in total. The van der Waals surface area contributed by atoms with E-state index >= 15 is 0 Å². The Balaban J connectivity index is 1.52. The van der Waals surface area contributed by atoms with Gasteiger partial charge in [-0.15, -0.1) is 0 Å². The summed E-state index contributed by atoms with van der Waals surface area (Å²) in [6, 6.07) is 20.9. The fourth-order valence-corrected chi connectivity index (χ4v) is 2.76. The van der Waals surface area contributed by atoms with Crippen LogP contribution in [0, 0.1) is 20.8 Å². The van der Waals surface area contributed by atoms with E-state index in [9.17, 15) is 9.59 Å². The molecular weight excluding hydrogens is 390 g/mol. The second-order valence-corrected chi connectivity index (χ2v) is 7.30. The zero-order valence-electron chi connectivity index (χ0n) is 17.8. The summed E-state index contributed by atoms with van der Waals surface area (Å²) in [6.45, 7) is 6.41. The second-order valence-electron chi connectivity index (χ2n) is 7.30. The third kappa shape index (κ3) is 6.54. The number of carbonyl (C=O) groups is 2. The quantitative estimate of drug-likeness (QED) is 0.358. The highest BCUT2D eigenvalue weighted by Gasteiger charge is 2.13. The number of hydrogen-bond acceptors (Lipinski definition) is 4. The van der Waals surface area contributed by atoms with Crippen LogP contribution in [0.2, 0.25) is 0 Å². The fourth-order valence-electron chi connectivity index (χ4n) is 2.76. The molecule has 0 heterocycles. The average molecular weight is 415 g/mol. The van der Waals surface area contributed by atoms with Crippen molar-refractivity contribution in [1.82, 2.24) is 5.43 Å². The molecule has 0 unspecified atom stereocenters. The molecule has 0 aliphatic rings. The van der Waals surface area contributed by atoms with Crippen molar-refractivity contribution in [3.05, 3.63) is 94.5 Å². The van der Waals surface area contributed by atoms with E-state index in [0.29, 0.717) is 18.0 Å². The Morgan fingerprint density at radius 2 is 1.68 bits per heavy atom. The zero-order valence-corrected chi connectivity index (χ0v) is 17.8. The highest BCUT2D eigenvalue weighted by molar-refractivity contribution is 6.39. The number of benzene rings is 3. The van der Waals surface area contributed by atoms with E-state index in [1.54, 1.807) is 12.1 Å². The number of nitrogens with zero attached hydrogens (tertiary/aromatic N) is 1. The molecule has 0 aliphatic carbocycles. The van der Waals surface area contributed by atoms with Crippen LogP contribution in [0.25, 0.3) is 0 Å². The third-order valence-electron chi connectivity index (χ3n) is 4.73. The molecule has 2 amide bonds. The van der Waals surface area contributed by atoms with E-state index in [4.69, 9.17) is 4.74 Å². The maximum absolute atomic E-state index is 12.0. The molecule has 0 aromatic heterocycles. The van der Waals surface area contributed by atoms with Crippen LogP contribution in [0.3, 0.4) is 0 Å². The van der Waals surface area contributed by atoms with Crippen LogP contribution >= 0.6 is 0 Å². The predicted octanol–water partition coefficient (Wildman–Crippen LogP) is 4.28. The molecule has 0 saturated heterocycles. The number of aryl methyl sites for hydroxylation is 3. The van der Waals surface area contributed by atoms with Crippen LogP contribution in [0.1, 0.15) is 27.8 Å². The molecular formula is C25H25N3O3. The van der Waals surface area contributed by atoms with Gasteiger partial charge in [0.1, 0.15) is 12.4 Å². The van der Waals surface area contributed by atoms with Gasteiger partial charge in [-0.1, -0.05) is 48.0 Å². The highest BCUT2D eigenvalue weighted by atomic mass is 16.5. The summed E-state index contributed by atoms with van der Waals surface area (Å²) in [4.78, 5) is 24.0. The number of anilines is 1. The molecule has 31 heavy (non-hydrogen) atoms. The summed E-state index contributed by atoms with van der Waals surface area (Å²) >= 11 is 0. The first-order valence-corrected chi connectivity index (χ1v) is 9.91. The summed E-state index contributed by atoms with van der Waals surface area (Å²) in [5.74, 6) is -0.944. The van der Waals surface area contributed by atoms with Crippen LogP contribution in [0.15, 0.2) is 71.8 Å². The molecule has 3 aromatic carbocycles. The first-order valence-electron chi connectivity index (χ1n) is 9.91. The summed E-state index contributed by atoms with van der Waals surface area (Å²) in [6.07, 6.45) is 1.46. The molecule has 0 bridgehead atoms. The van der Waals surface area contributed by atoms with Gasteiger partial charge in [-0.2, -0.15) is 5.10 Å².